The topological polar surface area (TPSA) is 88.1 Å². The largest absolute Gasteiger partial charge is 0.467 e. The van der Waals surface area contributed by atoms with Gasteiger partial charge >= 0.3 is 12.1 Å². The Bertz CT molecular complexity index is 749. The van der Waals surface area contributed by atoms with Crippen molar-refractivity contribution >= 4 is 33.7 Å². The molecule has 3 atom stereocenters. The van der Waals surface area contributed by atoms with E-state index in [1.165, 1.54) is 12.0 Å². The number of esters is 1. The van der Waals surface area contributed by atoms with Crippen molar-refractivity contribution in [3.05, 3.63) is 29.8 Å². The van der Waals surface area contributed by atoms with Crippen molar-refractivity contribution in [2.75, 3.05) is 19.0 Å². The standard InChI is InChI=1S/C18H23BrN2O5/c1-16(2,3)26-15(23)21-10-18(24)17(19,9-13(21)14(22)25-4)11-7-5-6-8-12(11)20-18/h5-8,13,20,24H,9-10H2,1-4H3/t13-,17?,18?/m0/s1. The number of β-amino-alcohol motifs (C(OH)–C–C–N with tert-alkyl or cyclic N) is 1. The van der Waals surface area contributed by atoms with Gasteiger partial charge in [-0.2, -0.15) is 0 Å². The Labute approximate surface area is 160 Å². The third-order valence-electron chi connectivity index (χ3n) is 4.70. The monoisotopic (exact) mass is 426 g/mol. The smallest absolute Gasteiger partial charge is 0.411 e. The van der Waals surface area contributed by atoms with Crippen molar-refractivity contribution in [3.63, 3.8) is 0 Å². The normalized spacial score (nSPS) is 30.1. The van der Waals surface area contributed by atoms with Crippen LogP contribution in [-0.4, -0.2) is 53.1 Å². The molecule has 0 saturated carbocycles. The van der Waals surface area contributed by atoms with E-state index < -0.39 is 33.8 Å². The molecular weight excluding hydrogens is 404 g/mol. The van der Waals surface area contributed by atoms with E-state index in [2.05, 4.69) is 21.2 Å². The van der Waals surface area contributed by atoms with Crippen LogP contribution < -0.4 is 5.32 Å². The molecule has 1 saturated heterocycles. The van der Waals surface area contributed by atoms with Gasteiger partial charge in [-0.05, 0) is 32.4 Å². The van der Waals surface area contributed by atoms with Gasteiger partial charge in [0.25, 0.3) is 0 Å². The summed E-state index contributed by atoms with van der Waals surface area (Å²) in [6, 6.07) is 6.56. The maximum atomic E-state index is 12.7. The number of carbonyl (C=O) groups excluding carboxylic acids is 2. The highest BCUT2D eigenvalue weighted by Gasteiger charge is 2.63. The van der Waals surface area contributed by atoms with Crippen LogP contribution in [0.2, 0.25) is 0 Å². The number of carbonyl (C=O) groups is 2. The van der Waals surface area contributed by atoms with Crippen molar-refractivity contribution in [2.45, 2.75) is 48.9 Å². The second-order valence-corrected chi connectivity index (χ2v) is 9.04. The number of piperidine rings is 1. The highest BCUT2D eigenvalue weighted by atomic mass is 79.9. The quantitative estimate of drug-likeness (QED) is 0.529. The van der Waals surface area contributed by atoms with Gasteiger partial charge in [0.1, 0.15) is 16.0 Å². The lowest BCUT2D eigenvalue weighted by Crippen LogP contribution is -2.67. The van der Waals surface area contributed by atoms with Gasteiger partial charge in [0.05, 0.1) is 13.7 Å². The number of amides is 1. The van der Waals surface area contributed by atoms with Crippen LogP contribution in [-0.2, 0) is 18.6 Å². The third-order valence-corrected chi connectivity index (χ3v) is 6.11. The van der Waals surface area contributed by atoms with E-state index in [-0.39, 0.29) is 13.0 Å². The summed E-state index contributed by atoms with van der Waals surface area (Å²) in [4.78, 5) is 26.3. The highest BCUT2D eigenvalue weighted by molar-refractivity contribution is 9.09. The van der Waals surface area contributed by atoms with Crippen LogP contribution in [0.4, 0.5) is 10.5 Å². The van der Waals surface area contributed by atoms with Crippen LogP contribution in [0.15, 0.2) is 24.3 Å². The van der Waals surface area contributed by atoms with E-state index in [0.29, 0.717) is 0 Å². The number of nitrogens with one attached hydrogen (secondary N) is 1. The summed E-state index contributed by atoms with van der Waals surface area (Å²) in [5.41, 5.74) is -0.630. The average Bonchev–Trinajstić information content (AvgIpc) is 2.78. The van der Waals surface area contributed by atoms with Gasteiger partial charge in [-0.25, -0.2) is 9.59 Å². The number of fused-ring (bicyclic) bond motifs is 3. The molecule has 1 fully saturated rings. The first kappa shape index (κ1) is 19.0. The Balaban J connectivity index is 2.00. The summed E-state index contributed by atoms with van der Waals surface area (Å²) in [5.74, 6) is -0.555. The van der Waals surface area contributed by atoms with E-state index in [4.69, 9.17) is 9.47 Å². The fourth-order valence-electron chi connectivity index (χ4n) is 3.52. The predicted octanol–water partition coefficient (Wildman–Crippen LogP) is 2.57. The summed E-state index contributed by atoms with van der Waals surface area (Å²) in [5, 5.41) is 14.4. The molecule has 2 heterocycles. The third kappa shape index (κ3) is 2.95. The van der Waals surface area contributed by atoms with Crippen molar-refractivity contribution < 1.29 is 24.2 Å². The zero-order valence-corrected chi connectivity index (χ0v) is 16.8. The number of hydrogen-bond donors (Lipinski definition) is 2. The molecule has 26 heavy (non-hydrogen) atoms. The molecule has 1 amide bonds. The maximum Gasteiger partial charge on any atom is 0.411 e. The minimum absolute atomic E-state index is 0.137. The zero-order valence-electron chi connectivity index (χ0n) is 15.2. The van der Waals surface area contributed by atoms with E-state index in [1.54, 1.807) is 20.8 Å². The Morgan fingerprint density at radius 2 is 2.00 bits per heavy atom. The highest BCUT2D eigenvalue weighted by Crippen LogP contribution is 2.56. The fraction of sp³-hybridized carbons (Fsp3) is 0.556. The first-order valence-electron chi connectivity index (χ1n) is 8.37. The number of aliphatic hydroxyl groups is 1. The number of para-hydroxylation sites is 1. The molecule has 0 bridgehead atoms. The second-order valence-electron chi connectivity index (χ2n) is 7.68. The Morgan fingerprint density at radius 3 is 2.62 bits per heavy atom. The molecule has 2 aliphatic rings. The molecule has 142 valence electrons. The molecule has 7 nitrogen and oxygen atoms in total. The predicted molar refractivity (Wildman–Crippen MR) is 99.0 cm³/mol. The van der Waals surface area contributed by atoms with Gasteiger partial charge in [-0.1, -0.05) is 34.1 Å². The minimum atomic E-state index is -1.49. The number of methoxy groups -OCH3 is 1. The first-order chi connectivity index (χ1) is 12.0. The van der Waals surface area contributed by atoms with Crippen LogP contribution in [0.25, 0.3) is 0 Å². The lowest BCUT2D eigenvalue weighted by Gasteiger charge is -2.49. The number of ether oxygens (including phenoxy) is 2. The lowest BCUT2D eigenvalue weighted by molar-refractivity contribution is -0.153. The number of rotatable bonds is 1. The van der Waals surface area contributed by atoms with Crippen molar-refractivity contribution in [3.8, 4) is 0 Å². The molecule has 0 aromatic heterocycles. The van der Waals surface area contributed by atoms with E-state index in [1.807, 2.05) is 24.3 Å². The summed E-state index contributed by atoms with van der Waals surface area (Å²) in [7, 11) is 1.28. The SMILES string of the molecule is COC(=O)[C@@H]1CC2(Br)c3ccccc3NC2(O)CN1C(=O)OC(C)(C)C. The van der Waals surface area contributed by atoms with E-state index in [0.717, 1.165) is 11.3 Å². The molecule has 0 aliphatic carbocycles. The van der Waals surface area contributed by atoms with Crippen molar-refractivity contribution in [1.29, 1.82) is 0 Å². The van der Waals surface area contributed by atoms with Gasteiger partial charge in [-0.3, -0.25) is 4.90 Å². The number of hydrogen-bond acceptors (Lipinski definition) is 6. The van der Waals surface area contributed by atoms with E-state index >= 15 is 0 Å². The van der Waals surface area contributed by atoms with Crippen LogP contribution in [0.5, 0.6) is 0 Å². The Morgan fingerprint density at radius 1 is 1.35 bits per heavy atom. The number of nitrogens with zero attached hydrogens (tertiary/aromatic N) is 1. The molecule has 2 aliphatic heterocycles. The fourth-order valence-corrected chi connectivity index (χ4v) is 4.40. The zero-order chi connectivity index (χ0) is 19.3. The van der Waals surface area contributed by atoms with Crippen LogP contribution in [0, 0.1) is 0 Å². The summed E-state index contributed by atoms with van der Waals surface area (Å²) >= 11 is 3.65. The Kier molecular flexibility index (Phi) is 4.47. The van der Waals surface area contributed by atoms with Crippen molar-refractivity contribution in [2.24, 2.45) is 0 Å². The molecule has 0 spiro atoms. The number of alkyl halides is 1. The number of benzene rings is 1. The maximum absolute atomic E-state index is 12.7. The molecule has 8 heteroatoms. The minimum Gasteiger partial charge on any atom is -0.467 e. The molecule has 0 radical (unpaired) electrons. The molecule has 2 N–H and O–H groups in total. The molecule has 2 unspecified atom stereocenters. The lowest BCUT2D eigenvalue weighted by atomic mass is 9.81. The molecule has 3 rings (SSSR count). The van der Waals surface area contributed by atoms with Gasteiger partial charge in [0, 0.05) is 12.1 Å². The van der Waals surface area contributed by atoms with Gasteiger partial charge in [-0.15, -0.1) is 0 Å². The molecule has 1 aromatic carbocycles. The van der Waals surface area contributed by atoms with Gasteiger partial charge < -0.3 is 19.9 Å². The summed E-state index contributed by atoms with van der Waals surface area (Å²) in [6.07, 6.45) is -0.534. The van der Waals surface area contributed by atoms with Crippen molar-refractivity contribution in [1.82, 2.24) is 4.90 Å². The number of halogens is 1. The second kappa shape index (κ2) is 6.13. The number of likely N-dealkylation sites (tertiary alicyclic amines) is 1. The summed E-state index contributed by atoms with van der Waals surface area (Å²) < 4.78 is 9.40. The molecular formula is C18H23BrN2O5. The molecule has 1 aromatic rings. The van der Waals surface area contributed by atoms with Crippen LogP contribution in [0.1, 0.15) is 32.8 Å². The first-order valence-corrected chi connectivity index (χ1v) is 9.16. The van der Waals surface area contributed by atoms with Gasteiger partial charge in [0.2, 0.25) is 0 Å². The van der Waals surface area contributed by atoms with Gasteiger partial charge in [0.15, 0.2) is 5.72 Å². The van der Waals surface area contributed by atoms with Crippen LogP contribution >= 0.6 is 15.9 Å². The van der Waals surface area contributed by atoms with E-state index in [9.17, 15) is 14.7 Å². The van der Waals surface area contributed by atoms with Crippen LogP contribution in [0.3, 0.4) is 0 Å². The summed E-state index contributed by atoms with van der Waals surface area (Å²) in [6.45, 7) is 5.10. The number of anilines is 1. The Hall–Kier alpha value is -1.80. The average molecular weight is 427 g/mol.